The number of rotatable bonds is 6. The van der Waals surface area contributed by atoms with Gasteiger partial charge in [-0.25, -0.2) is 4.68 Å². The van der Waals surface area contributed by atoms with Gasteiger partial charge in [-0.05, 0) is 36.6 Å². The number of amides is 1. The van der Waals surface area contributed by atoms with E-state index in [1.165, 1.54) is 17.5 Å². The summed E-state index contributed by atoms with van der Waals surface area (Å²) in [4.78, 5) is 24.6. The molecular formula is C18H16BrN3O3S. The molecule has 3 aromatic rings. The highest BCUT2D eigenvalue weighted by Crippen LogP contribution is 2.24. The molecule has 8 heteroatoms. The lowest BCUT2D eigenvalue weighted by atomic mass is 10.1. The van der Waals surface area contributed by atoms with Crippen LogP contribution in [0, 0.1) is 6.92 Å². The summed E-state index contributed by atoms with van der Waals surface area (Å²) in [6, 6.07) is 10.7. The van der Waals surface area contributed by atoms with Crippen LogP contribution in [0.3, 0.4) is 0 Å². The minimum Gasteiger partial charge on any atom is -0.481 e. The van der Waals surface area contributed by atoms with Crippen molar-refractivity contribution in [3.05, 3.63) is 68.6 Å². The number of carboxylic acids is 1. The number of hydrogen-bond donors (Lipinski definition) is 2. The van der Waals surface area contributed by atoms with E-state index < -0.39 is 12.0 Å². The van der Waals surface area contributed by atoms with Crippen LogP contribution in [-0.4, -0.2) is 26.8 Å². The number of carboxylic acid groups (broad SMARTS) is 1. The third-order valence-corrected chi connectivity index (χ3v) is 5.36. The number of halogens is 1. The van der Waals surface area contributed by atoms with Gasteiger partial charge >= 0.3 is 5.97 Å². The summed E-state index contributed by atoms with van der Waals surface area (Å²) in [6.45, 7) is 1.81. The first-order chi connectivity index (χ1) is 12.5. The molecule has 0 bridgehead atoms. The van der Waals surface area contributed by atoms with E-state index in [4.69, 9.17) is 5.11 Å². The summed E-state index contributed by atoms with van der Waals surface area (Å²) < 4.78 is 2.59. The van der Waals surface area contributed by atoms with E-state index in [1.54, 1.807) is 11.6 Å². The van der Waals surface area contributed by atoms with Gasteiger partial charge in [0.25, 0.3) is 5.91 Å². The number of thiophene rings is 1. The third kappa shape index (κ3) is 4.03. The number of hydrogen-bond acceptors (Lipinski definition) is 4. The van der Waals surface area contributed by atoms with E-state index in [0.717, 1.165) is 15.0 Å². The number of aliphatic carboxylic acids is 1. The van der Waals surface area contributed by atoms with E-state index in [-0.39, 0.29) is 12.3 Å². The van der Waals surface area contributed by atoms with Crippen molar-refractivity contribution in [2.24, 2.45) is 0 Å². The molecule has 26 heavy (non-hydrogen) atoms. The van der Waals surface area contributed by atoms with Crippen LogP contribution in [0.2, 0.25) is 0 Å². The fraction of sp³-hybridized carbons (Fsp3) is 0.167. The number of carbonyl (C=O) groups excluding carboxylic acids is 1. The largest absolute Gasteiger partial charge is 0.481 e. The molecule has 3 rings (SSSR count). The van der Waals surface area contributed by atoms with Crippen molar-refractivity contribution in [1.82, 2.24) is 15.1 Å². The zero-order valence-corrected chi connectivity index (χ0v) is 16.3. The van der Waals surface area contributed by atoms with Gasteiger partial charge in [-0.1, -0.05) is 28.1 Å². The van der Waals surface area contributed by atoms with Gasteiger partial charge in [0.1, 0.15) is 0 Å². The molecule has 134 valence electrons. The Bertz CT molecular complexity index is 937. The minimum absolute atomic E-state index is 0.176. The predicted molar refractivity (Wildman–Crippen MR) is 103 cm³/mol. The molecule has 2 aromatic heterocycles. The van der Waals surface area contributed by atoms with Crippen molar-refractivity contribution in [3.63, 3.8) is 0 Å². The van der Waals surface area contributed by atoms with Crippen LogP contribution < -0.4 is 5.32 Å². The van der Waals surface area contributed by atoms with Crippen molar-refractivity contribution < 1.29 is 14.7 Å². The maximum absolute atomic E-state index is 12.7. The van der Waals surface area contributed by atoms with Gasteiger partial charge in [0.15, 0.2) is 0 Å². The van der Waals surface area contributed by atoms with Crippen LogP contribution in [0.25, 0.3) is 5.69 Å². The Labute approximate surface area is 162 Å². The number of aromatic nitrogens is 2. The van der Waals surface area contributed by atoms with Crippen LogP contribution in [0.5, 0.6) is 0 Å². The summed E-state index contributed by atoms with van der Waals surface area (Å²) in [6.07, 6.45) is 1.32. The molecule has 0 aliphatic heterocycles. The van der Waals surface area contributed by atoms with Gasteiger partial charge in [-0.2, -0.15) is 5.10 Å². The van der Waals surface area contributed by atoms with Crippen LogP contribution in [-0.2, 0) is 4.79 Å². The maximum atomic E-state index is 12.7. The van der Waals surface area contributed by atoms with Gasteiger partial charge in [0.05, 0.1) is 35.6 Å². The molecule has 6 nitrogen and oxygen atoms in total. The van der Waals surface area contributed by atoms with Crippen LogP contribution >= 0.6 is 27.3 Å². The quantitative estimate of drug-likeness (QED) is 0.616. The molecule has 2 heterocycles. The summed E-state index contributed by atoms with van der Waals surface area (Å²) in [7, 11) is 0. The molecule has 0 unspecified atom stereocenters. The molecule has 0 aliphatic carbocycles. The highest BCUT2D eigenvalue weighted by atomic mass is 79.9. The number of nitrogens with zero attached hydrogens (tertiary/aromatic N) is 2. The Morgan fingerprint density at radius 2 is 2.15 bits per heavy atom. The highest BCUT2D eigenvalue weighted by molar-refractivity contribution is 9.10. The van der Waals surface area contributed by atoms with Crippen LogP contribution in [0.1, 0.15) is 33.4 Å². The van der Waals surface area contributed by atoms with Crippen molar-refractivity contribution in [2.75, 3.05) is 0 Å². The van der Waals surface area contributed by atoms with Crippen LogP contribution in [0.4, 0.5) is 0 Å². The SMILES string of the molecule is Cc1c(C(=O)N[C@H](CC(=O)O)c2cccs2)cnn1-c1cccc(Br)c1. The van der Waals surface area contributed by atoms with E-state index in [9.17, 15) is 9.59 Å². The first-order valence-electron chi connectivity index (χ1n) is 7.82. The summed E-state index contributed by atoms with van der Waals surface area (Å²) in [5.74, 6) is -1.31. The van der Waals surface area contributed by atoms with E-state index in [1.807, 2.05) is 41.8 Å². The first-order valence-corrected chi connectivity index (χ1v) is 9.49. The van der Waals surface area contributed by atoms with Crippen molar-refractivity contribution in [2.45, 2.75) is 19.4 Å². The average Bonchev–Trinajstić information content (AvgIpc) is 3.23. The van der Waals surface area contributed by atoms with Crippen molar-refractivity contribution in [1.29, 1.82) is 0 Å². The lowest BCUT2D eigenvalue weighted by molar-refractivity contribution is -0.137. The lowest BCUT2D eigenvalue weighted by Gasteiger charge is -2.15. The maximum Gasteiger partial charge on any atom is 0.305 e. The van der Waals surface area contributed by atoms with E-state index >= 15 is 0 Å². The normalized spacial score (nSPS) is 11.9. The Morgan fingerprint density at radius 1 is 1.35 bits per heavy atom. The molecule has 0 radical (unpaired) electrons. The average molecular weight is 434 g/mol. The van der Waals surface area contributed by atoms with Gasteiger partial charge in [0, 0.05) is 9.35 Å². The van der Waals surface area contributed by atoms with Crippen molar-refractivity contribution >= 4 is 39.1 Å². The molecular weight excluding hydrogens is 418 g/mol. The second kappa shape index (κ2) is 7.84. The van der Waals surface area contributed by atoms with Crippen LogP contribution in [0.15, 0.2) is 52.4 Å². The topological polar surface area (TPSA) is 84.2 Å². The molecule has 1 atom stereocenters. The lowest BCUT2D eigenvalue weighted by Crippen LogP contribution is -2.30. The molecule has 0 spiro atoms. The molecule has 0 saturated carbocycles. The second-order valence-electron chi connectivity index (χ2n) is 5.67. The summed E-state index contributed by atoms with van der Waals surface area (Å²) in [5.41, 5.74) is 1.93. The fourth-order valence-electron chi connectivity index (χ4n) is 2.62. The van der Waals surface area contributed by atoms with E-state index in [0.29, 0.717) is 11.3 Å². The smallest absolute Gasteiger partial charge is 0.305 e. The molecule has 1 amide bonds. The third-order valence-electron chi connectivity index (χ3n) is 3.88. The van der Waals surface area contributed by atoms with Gasteiger partial charge in [-0.15, -0.1) is 11.3 Å². The Balaban J connectivity index is 1.85. The Hall–Kier alpha value is -2.45. The zero-order chi connectivity index (χ0) is 18.7. The highest BCUT2D eigenvalue weighted by Gasteiger charge is 2.22. The van der Waals surface area contributed by atoms with Gasteiger partial charge in [0.2, 0.25) is 0 Å². The Kier molecular flexibility index (Phi) is 5.53. The molecule has 0 saturated heterocycles. The molecule has 1 aromatic carbocycles. The first kappa shape index (κ1) is 18.3. The number of nitrogens with one attached hydrogen (secondary N) is 1. The fourth-order valence-corrected chi connectivity index (χ4v) is 3.79. The molecule has 0 aliphatic rings. The molecule has 0 fully saturated rings. The molecule has 2 N–H and O–H groups in total. The summed E-state index contributed by atoms with van der Waals surface area (Å²) in [5, 5.41) is 18.1. The zero-order valence-electron chi connectivity index (χ0n) is 13.8. The van der Waals surface area contributed by atoms with E-state index in [2.05, 4.69) is 26.3 Å². The predicted octanol–water partition coefficient (Wildman–Crippen LogP) is 3.95. The summed E-state index contributed by atoms with van der Waals surface area (Å²) >= 11 is 4.84. The minimum atomic E-state index is -0.967. The van der Waals surface area contributed by atoms with Crippen molar-refractivity contribution in [3.8, 4) is 5.69 Å². The monoisotopic (exact) mass is 433 g/mol. The number of benzene rings is 1. The standard InChI is InChI=1S/C18H16BrN3O3S/c1-11-14(10-20-22(11)13-5-2-4-12(19)8-13)18(25)21-15(9-17(23)24)16-6-3-7-26-16/h2-8,10,15H,9H2,1H3,(H,21,25)(H,23,24)/t15-/m1/s1. The van der Waals surface area contributed by atoms with Gasteiger partial charge in [-0.3, -0.25) is 9.59 Å². The second-order valence-corrected chi connectivity index (χ2v) is 7.57. The Morgan fingerprint density at radius 3 is 2.81 bits per heavy atom. The van der Waals surface area contributed by atoms with Gasteiger partial charge < -0.3 is 10.4 Å². The number of carbonyl (C=O) groups is 2.